The molecule has 0 fully saturated rings. The van der Waals surface area contributed by atoms with Crippen molar-refractivity contribution < 1.29 is 0 Å². The zero-order valence-corrected chi connectivity index (χ0v) is 10.7. The molecule has 0 aliphatic carbocycles. The fourth-order valence-electron chi connectivity index (χ4n) is 1.30. The fraction of sp³-hybridized carbons (Fsp3) is 0.0769. The van der Waals surface area contributed by atoms with E-state index < -0.39 is 0 Å². The van der Waals surface area contributed by atoms with Gasteiger partial charge in [0.25, 0.3) is 0 Å². The first-order chi connectivity index (χ1) is 8.19. The summed E-state index contributed by atoms with van der Waals surface area (Å²) in [7, 11) is 0. The average Bonchev–Trinajstić information content (AvgIpc) is 2.32. The van der Waals surface area contributed by atoms with Gasteiger partial charge in [0.05, 0.1) is 6.57 Å². The molecule has 1 aromatic heterocycles. The summed E-state index contributed by atoms with van der Waals surface area (Å²) in [5.41, 5.74) is 1.49. The molecule has 0 bridgehead atoms. The van der Waals surface area contributed by atoms with E-state index in [-0.39, 0.29) is 0 Å². The lowest BCUT2D eigenvalue weighted by molar-refractivity contribution is 1.08. The van der Waals surface area contributed by atoms with Crippen LogP contribution in [0.15, 0.2) is 46.3 Å². The summed E-state index contributed by atoms with van der Waals surface area (Å²) in [6.07, 6.45) is 0. The second kappa shape index (κ2) is 5.22. The van der Waals surface area contributed by atoms with Crippen LogP contribution in [0.4, 0.5) is 5.69 Å². The molecule has 2 nitrogen and oxygen atoms in total. The summed E-state index contributed by atoms with van der Waals surface area (Å²) in [5, 5.41) is 1.44. The topological polar surface area (TPSA) is 17.2 Å². The fourth-order valence-corrected chi connectivity index (χ4v) is 2.33. The van der Waals surface area contributed by atoms with Crippen LogP contribution in [-0.4, -0.2) is 4.98 Å². The van der Waals surface area contributed by atoms with Crippen molar-refractivity contribution in [3.8, 4) is 0 Å². The molecule has 2 rings (SSSR count). The predicted molar refractivity (Wildman–Crippen MR) is 70.8 cm³/mol. The first kappa shape index (κ1) is 12.0. The molecule has 0 aliphatic heterocycles. The third kappa shape index (κ3) is 3.00. The summed E-state index contributed by atoms with van der Waals surface area (Å²) in [5.74, 6) is 0. The van der Waals surface area contributed by atoms with Crippen molar-refractivity contribution in [2.45, 2.75) is 16.8 Å². The molecule has 0 N–H and O–H groups in total. The van der Waals surface area contributed by atoms with E-state index in [1.165, 1.54) is 11.8 Å². The lowest BCUT2D eigenvalue weighted by atomic mass is 10.3. The summed E-state index contributed by atoms with van der Waals surface area (Å²) in [6, 6.07) is 11.1. The molecule has 0 saturated carbocycles. The van der Waals surface area contributed by atoms with Gasteiger partial charge in [-0.25, -0.2) is 4.85 Å². The molecular formula is C13H9ClN2S. The van der Waals surface area contributed by atoms with Gasteiger partial charge in [-0.2, -0.15) is 0 Å². The zero-order chi connectivity index (χ0) is 12.3. The Morgan fingerprint density at radius 1 is 1.18 bits per heavy atom. The Bertz CT molecular complexity index is 573. The van der Waals surface area contributed by atoms with E-state index in [0.717, 1.165) is 15.6 Å². The maximum absolute atomic E-state index is 7.11. The number of benzene rings is 1. The summed E-state index contributed by atoms with van der Waals surface area (Å²) in [6.45, 7) is 9.02. The molecule has 2 aromatic rings. The number of hydrogen-bond acceptors (Lipinski definition) is 2. The molecule has 0 saturated heterocycles. The first-order valence-corrected chi connectivity index (χ1v) is 6.17. The van der Waals surface area contributed by atoms with Gasteiger partial charge in [-0.1, -0.05) is 35.5 Å². The van der Waals surface area contributed by atoms with Gasteiger partial charge in [-0.15, -0.1) is 0 Å². The molecule has 17 heavy (non-hydrogen) atoms. The molecular weight excluding hydrogens is 252 g/mol. The van der Waals surface area contributed by atoms with Crippen LogP contribution < -0.4 is 0 Å². The maximum Gasteiger partial charge on any atom is 0.219 e. The smallest absolute Gasteiger partial charge is 0.219 e. The van der Waals surface area contributed by atoms with Crippen LogP contribution >= 0.6 is 23.4 Å². The molecule has 4 heteroatoms. The Kier molecular flexibility index (Phi) is 3.68. The Morgan fingerprint density at radius 2 is 1.88 bits per heavy atom. The highest BCUT2D eigenvalue weighted by Gasteiger charge is 2.06. The summed E-state index contributed by atoms with van der Waals surface area (Å²) >= 11 is 7.30. The minimum absolute atomic E-state index is 0.579. The van der Waals surface area contributed by atoms with Crippen molar-refractivity contribution in [3.63, 3.8) is 0 Å². The highest BCUT2D eigenvalue weighted by Crippen LogP contribution is 2.34. The number of pyridine rings is 1. The molecule has 0 radical (unpaired) electrons. The van der Waals surface area contributed by atoms with Gasteiger partial charge < -0.3 is 0 Å². The van der Waals surface area contributed by atoms with Crippen molar-refractivity contribution >= 4 is 29.1 Å². The minimum Gasteiger partial charge on any atom is -0.258 e. The normalized spacial score (nSPS) is 9.94. The first-order valence-electron chi connectivity index (χ1n) is 4.97. The molecule has 0 spiro atoms. The summed E-state index contributed by atoms with van der Waals surface area (Å²) < 4.78 is 0. The molecule has 84 valence electrons. The maximum atomic E-state index is 7.11. The summed E-state index contributed by atoms with van der Waals surface area (Å²) in [4.78, 5) is 8.87. The van der Waals surface area contributed by atoms with Gasteiger partial charge in [0, 0.05) is 15.6 Å². The highest BCUT2D eigenvalue weighted by molar-refractivity contribution is 7.99. The quantitative estimate of drug-likeness (QED) is 0.725. The monoisotopic (exact) mass is 260 g/mol. The van der Waals surface area contributed by atoms with Crippen molar-refractivity contribution in [2.24, 2.45) is 0 Å². The minimum atomic E-state index is 0.579. The van der Waals surface area contributed by atoms with E-state index >= 15 is 0 Å². The molecule has 0 unspecified atom stereocenters. The van der Waals surface area contributed by atoms with Gasteiger partial charge in [-0.05, 0) is 31.2 Å². The van der Waals surface area contributed by atoms with Crippen LogP contribution in [0.25, 0.3) is 4.85 Å². The number of hydrogen-bond donors (Lipinski definition) is 0. The third-order valence-corrected chi connectivity index (χ3v) is 3.38. The number of aryl methyl sites for hydroxylation is 1. The van der Waals surface area contributed by atoms with Crippen molar-refractivity contribution in [3.05, 3.63) is 58.5 Å². The number of aromatic nitrogens is 1. The van der Waals surface area contributed by atoms with E-state index in [0.29, 0.717) is 10.7 Å². The van der Waals surface area contributed by atoms with Crippen molar-refractivity contribution in [1.29, 1.82) is 0 Å². The van der Waals surface area contributed by atoms with Crippen molar-refractivity contribution in [1.82, 2.24) is 4.98 Å². The Hall–Kier alpha value is -1.50. The Labute approximate surface area is 109 Å². The average molecular weight is 261 g/mol. The van der Waals surface area contributed by atoms with Crippen LogP contribution in [-0.2, 0) is 0 Å². The van der Waals surface area contributed by atoms with E-state index in [2.05, 4.69) is 9.83 Å². The lowest BCUT2D eigenvalue weighted by Gasteiger charge is -2.04. The predicted octanol–water partition coefficient (Wildman–Crippen LogP) is 4.75. The van der Waals surface area contributed by atoms with Gasteiger partial charge >= 0.3 is 0 Å². The second-order valence-electron chi connectivity index (χ2n) is 3.44. The van der Waals surface area contributed by atoms with Crippen LogP contribution in [0.2, 0.25) is 5.02 Å². The Balaban J connectivity index is 2.32. The molecule has 0 amide bonds. The van der Waals surface area contributed by atoms with Gasteiger partial charge in [0.15, 0.2) is 0 Å². The van der Waals surface area contributed by atoms with Gasteiger partial charge in [-0.3, -0.25) is 4.98 Å². The van der Waals surface area contributed by atoms with Crippen molar-refractivity contribution in [2.75, 3.05) is 0 Å². The van der Waals surface area contributed by atoms with E-state index in [1.807, 2.05) is 37.3 Å². The van der Waals surface area contributed by atoms with E-state index in [4.69, 9.17) is 18.2 Å². The number of halogens is 1. The molecule has 1 aromatic carbocycles. The Morgan fingerprint density at radius 3 is 2.53 bits per heavy atom. The van der Waals surface area contributed by atoms with Gasteiger partial charge in [0.1, 0.15) is 5.03 Å². The zero-order valence-electron chi connectivity index (χ0n) is 9.14. The van der Waals surface area contributed by atoms with Crippen LogP contribution in [0, 0.1) is 13.5 Å². The second-order valence-corrected chi connectivity index (χ2v) is 4.94. The van der Waals surface area contributed by atoms with E-state index in [9.17, 15) is 0 Å². The van der Waals surface area contributed by atoms with Crippen LogP contribution in [0.3, 0.4) is 0 Å². The van der Waals surface area contributed by atoms with Crippen LogP contribution in [0.5, 0.6) is 0 Å². The standard InChI is InChI=1S/C13H9ClN2S/c1-9-3-8-12(15-2)13(16-9)17-11-6-4-10(14)5-7-11/h3-8H,1H3. The molecule has 0 atom stereocenters. The molecule has 1 heterocycles. The SMILES string of the molecule is [C-]#[N+]c1ccc(C)nc1Sc1ccc(Cl)cc1. The van der Waals surface area contributed by atoms with Crippen LogP contribution in [0.1, 0.15) is 5.69 Å². The highest BCUT2D eigenvalue weighted by atomic mass is 35.5. The third-order valence-electron chi connectivity index (χ3n) is 2.13. The molecule has 0 aliphatic rings. The lowest BCUT2D eigenvalue weighted by Crippen LogP contribution is -1.84. The van der Waals surface area contributed by atoms with Gasteiger partial charge in [0.2, 0.25) is 5.69 Å². The van der Waals surface area contributed by atoms with E-state index in [1.54, 1.807) is 6.07 Å². The number of rotatable bonds is 2. The number of nitrogens with zero attached hydrogens (tertiary/aromatic N) is 2. The largest absolute Gasteiger partial charge is 0.258 e.